The fourth-order valence-electron chi connectivity index (χ4n) is 1.65. The lowest BCUT2D eigenvalue weighted by Gasteiger charge is -2.10. The SMILES string of the molecule is CCNc1ccncc1C(=O)Nc1ccc(F)cc1. The number of rotatable bonds is 4. The van der Waals surface area contributed by atoms with E-state index < -0.39 is 0 Å². The molecule has 4 nitrogen and oxygen atoms in total. The fraction of sp³-hybridized carbons (Fsp3) is 0.143. The first-order chi connectivity index (χ1) is 9.20. The van der Waals surface area contributed by atoms with Crippen molar-refractivity contribution in [3.8, 4) is 0 Å². The summed E-state index contributed by atoms with van der Waals surface area (Å²) in [6, 6.07) is 7.35. The molecule has 0 aliphatic carbocycles. The molecule has 98 valence electrons. The number of carbonyl (C=O) groups is 1. The minimum absolute atomic E-state index is 0.282. The van der Waals surface area contributed by atoms with E-state index in [1.54, 1.807) is 12.3 Å². The number of hydrogen-bond donors (Lipinski definition) is 2. The number of amides is 1. The van der Waals surface area contributed by atoms with Gasteiger partial charge in [0.1, 0.15) is 5.82 Å². The van der Waals surface area contributed by atoms with E-state index in [0.717, 1.165) is 5.69 Å². The van der Waals surface area contributed by atoms with Crippen LogP contribution in [0, 0.1) is 5.82 Å². The summed E-state index contributed by atoms with van der Waals surface area (Å²) < 4.78 is 12.8. The van der Waals surface area contributed by atoms with Crippen molar-refractivity contribution in [3.63, 3.8) is 0 Å². The third kappa shape index (κ3) is 3.28. The largest absolute Gasteiger partial charge is 0.385 e. The summed E-state index contributed by atoms with van der Waals surface area (Å²) >= 11 is 0. The number of halogens is 1. The Labute approximate surface area is 110 Å². The van der Waals surface area contributed by atoms with Crippen LogP contribution in [0.25, 0.3) is 0 Å². The van der Waals surface area contributed by atoms with Gasteiger partial charge in [-0.05, 0) is 37.3 Å². The van der Waals surface area contributed by atoms with Gasteiger partial charge in [-0.1, -0.05) is 0 Å². The van der Waals surface area contributed by atoms with Gasteiger partial charge in [0.05, 0.1) is 11.3 Å². The van der Waals surface area contributed by atoms with Gasteiger partial charge >= 0.3 is 0 Å². The third-order valence-corrected chi connectivity index (χ3v) is 2.54. The molecule has 0 spiro atoms. The smallest absolute Gasteiger partial charge is 0.259 e. The minimum atomic E-state index is -0.340. The zero-order chi connectivity index (χ0) is 13.7. The first kappa shape index (κ1) is 13.0. The van der Waals surface area contributed by atoms with E-state index in [9.17, 15) is 9.18 Å². The quantitative estimate of drug-likeness (QED) is 0.887. The van der Waals surface area contributed by atoms with Crippen LogP contribution in [0.3, 0.4) is 0 Å². The molecule has 2 rings (SSSR count). The summed E-state index contributed by atoms with van der Waals surface area (Å²) in [6.07, 6.45) is 3.11. The monoisotopic (exact) mass is 259 g/mol. The van der Waals surface area contributed by atoms with Gasteiger partial charge in [0, 0.05) is 24.6 Å². The van der Waals surface area contributed by atoms with E-state index in [4.69, 9.17) is 0 Å². The second kappa shape index (κ2) is 5.95. The van der Waals surface area contributed by atoms with Gasteiger partial charge in [0.2, 0.25) is 0 Å². The highest BCUT2D eigenvalue weighted by molar-refractivity contribution is 6.07. The first-order valence-electron chi connectivity index (χ1n) is 5.95. The van der Waals surface area contributed by atoms with E-state index in [0.29, 0.717) is 17.8 Å². The number of pyridine rings is 1. The number of aromatic nitrogens is 1. The van der Waals surface area contributed by atoms with E-state index in [1.807, 2.05) is 6.92 Å². The molecule has 0 aliphatic heterocycles. The molecule has 1 amide bonds. The number of benzene rings is 1. The maximum absolute atomic E-state index is 12.8. The number of nitrogens with one attached hydrogen (secondary N) is 2. The van der Waals surface area contributed by atoms with Crippen LogP contribution in [0.1, 0.15) is 17.3 Å². The maximum Gasteiger partial charge on any atom is 0.259 e. The Bertz CT molecular complexity index is 569. The summed E-state index contributed by atoms with van der Waals surface area (Å²) in [7, 11) is 0. The Morgan fingerprint density at radius 2 is 2.00 bits per heavy atom. The van der Waals surface area contributed by atoms with Crippen molar-refractivity contribution in [2.45, 2.75) is 6.92 Å². The van der Waals surface area contributed by atoms with Crippen LogP contribution in [0.15, 0.2) is 42.7 Å². The van der Waals surface area contributed by atoms with E-state index >= 15 is 0 Å². The molecule has 1 aromatic heterocycles. The second-order valence-corrected chi connectivity index (χ2v) is 3.91. The molecule has 0 bridgehead atoms. The van der Waals surface area contributed by atoms with Crippen LogP contribution in [-0.4, -0.2) is 17.4 Å². The average Bonchev–Trinajstić information content (AvgIpc) is 2.42. The van der Waals surface area contributed by atoms with Crippen molar-refractivity contribution >= 4 is 17.3 Å². The number of hydrogen-bond acceptors (Lipinski definition) is 3. The molecule has 0 radical (unpaired) electrons. The van der Waals surface area contributed by atoms with Gasteiger partial charge in [-0.15, -0.1) is 0 Å². The Morgan fingerprint density at radius 3 is 2.68 bits per heavy atom. The van der Waals surface area contributed by atoms with Crippen molar-refractivity contribution in [2.24, 2.45) is 0 Å². The highest BCUT2D eigenvalue weighted by Gasteiger charge is 2.11. The summed E-state index contributed by atoms with van der Waals surface area (Å²) in [5, 5.41) is 5.79. The molecular weight excluding hydrogens is 245 g/mol. The number of anilines is 2. The lowest BCUT2D eigenvalue weighted by Crippen LogP contribution is -2.15. The summed E-state index contributed by atoms with van der Waals surface area (Å²) in [5.41, 5.74) is 1.71. The van der Waals surface area contributed by atoms with Crippen LogP contribution >= 0.6 is 0 Å². The Hall–Kier alpha value is -2.43. The van der Waals surface area contributed by atoms with Crippen LogP contribution in [0.4, 0.5) is 15.8 Å². The van der Waals surface area contributed by atoms with E-state index in [2.05, 4.69) is 15.6 Å². The molecule has 2 N–H and O–H groups in total. The molecule has 0 saturated carbocycles. The molecule has 0 atom stereocenters. The zero-order valence-corrected chi connectivity index (χ0v) is 10.5. The Kier molecular flexibility index (Phi) is 4.07. The predicted octanol–water partition coefficient (Wildman–Crippen LogP) is 2.90. The summed E-state index contributed by atoms with van der Waals surface area (Å²) in [6.45, 7) is 2.66. The van der Waals surface area contributed by atoms with Gasteiger partial charge in [-0.25, -0.2) is 4.39 Å². The summed E-state index contributed by atoms with van der Waals surface area (Å²) in [4.78, 5) is 16.1. The van der Waals surface area contributed by atoms with E-state index in [-0.39, 0.29) is 11.7 Å². The molecule has 0 aliphatic rings. The molecule has 1 heterocycles. The fourth-order valence-corrected chi connectivity index (χ4v) is 1.65. The zero-order valence-electron chi connectivity index (χ0n) is 10.5. The minimum Gasteiger partial charge on any atom is -0.385 e. The third-order valence-electron chi connectivity index (χ3n) is 2.54. The molecule has 19 heavy (non-hydrogen) atoms. The Morgan fingerprint density at radius 1 is 1.26 bits per heavy atom. The van der Waals surface area contributed by atoms with Crippen LogP contribution < -0.4 is 10.6 Å². The molecule has 0 fully saturated rings. The van der Waals surface area contributed by atoms with Crippen molar-refractivity contribution in [1.29, 1.82) is 0 Å². The van der Waals surface area contributed by atoms with Crippen LogP contribution in [0.5, 0.6) is 0 Å². The normalized spacial score (nSPS) is 10.0. The maximum atomic E-state index is 12.8. The van der Waals surface area contributed by atoms with Gasteiger partial charge in [-0.3, -0.25) is 9.78 Å². The highest BCUT2D eigenvalue weighted by Crippen LogP contribution is 2.16. The first-order valence-corrected chi connectivity index (χ1v) is 5.95. The average molecular weight is 259 g/mol. The molecule has 5 heteroatoms. The highest BCUT2D eigenvalue weighted by atomic mass is 19.1. The predicted molar refractivity (Wildman–Crippen MR) is 72.8 cm³/mol. The molecule has 2 aromatic rings. The molecular formula is C14H14FN3O. The van der Waals surface area contributed by atoms with Crippen LogP contribution in [0.2, 0.25) is 0 Å². The second-order valence-electron chi connectivity index (χ2n) is 3.91. The van der Waals surface area contributed by atoms with Gasteiger partial charge in [0.25, 0.3) is 5.91 Å². The number of carbonyl (C=O) groups excluding carboxylic acids is 1. The van der Waals surface area contributed by atoms with Crippen molar-refractivity contribution in [1.82, 2.24) is 4.98 Å². The Balaban J connectivity index is 2.18. The molecule has 0 saturated heterocycles. The van der Waals surface area contributed by atoms with Gasteiger partial charge < -0.3 is 10.6 Å². The molecule has 1 aromatic carbocycles. The molecule has 0 unspecified atom stereocenters. The van der Waals surface area contributed by atoms with E-state index in [1.165, 1.54) is 30.5 Å². The standard InChI is InChI=1S/C14H14FN3O/c1-2-17-13-7-8-16-9-12(13)14(19)18-11-5-3-10(15)4-6-11/h3-9H,2H2,1H3,(H,16,17)(H,18,19). The van der Waals surface area contributed by atoms with Crippen molar-refractivity contribution < 1.29 is 9.18 Å². The number of nitrogens with zero attached hydrogens (tertiary/aromatic N) is 1. The lowest BCUT2D eigenvalue weighted by atomic mass is 10.2. The lowest BCUT2D eigenvalue weighted by molar-refractivity contribution is 0.102. The van der Waals surface area contributed by atoms with Crippen molar-refractivity contribution in [2.75, 3.05) is 17.2 Å². The van der Waals surface area contributed by atoms with Crippen LogP contribution in [-0.2, 0) is 0 Å². The van der Waals surface area contributed by atoms with Crippen molar-refractivity contribution in [3.05, 3.63) is 54.1 Å². The van der Waals surface area contributed by atoms with Gasteiger partial charge in [-0.2, -0.15) is 0 Å². The van der Waals surface area contributed by atoms with Gasteiger partial charge in [0.15, 0.2) is 0 Å². The summed E-state index contributed by atoms with van der Waals surface area (Å²) in [5.74, 6) is -0.622. The topological polar surface area (TPSA) is 54.0 Å².